The Kier molecular flexibility index (Phi) is 6.05. The van der Waals surface area contributed by atoms with Crippen LogP contribution in [0.15, 0.2) is 52.7 Å². The van der Waals surface area contributed by atoms with Crippen molar-refractivity contribution in [1.82, 2.24) is 4.98 Å². The zero-order chi connectivity index (χ0) is 22.0. The van der Waals surface area contributed by atoms with Crippen LogP contribution in [0.5, 0.6) is 0 Å². The number of amides is 1. The molecule has 2 aromatic carbocycles. The molecule has 31 heavy (non-hydrogen) atoms. The zero-order valence-corrected chi connectivity index (χ0v) is 18.5. The lowest BCUT2D eigenvalue weighted by Gasteiger charge is -2.30. The van der Waals surface area contributed by atoms with Crippen molar-refractivity contribution in [3.8, 4) is 11.3 Å². The number of morpholine rings is 1. The third kappa shape index (κ3) is 4.93. The van der Waals surface area contributed by atoms with Crippen LogP contribution in [0.2, 0.25) is 0 Å². The van der Waals surface area contributed by atoms with Gasteiger partial charge < -0.3 is 15.0 Å². The third-order valence-electron chi connectivity index (χ3n) is 4.93. The van der Waals surface area contributed by atoms with Gasteiger partial charge in [0.05, 0.1) is 34.4 Å². The molecule has 1 saturated heterocycles. The molecule has 0 atom stereocenters. The molecule has 3 aromatic rings. The van der Waals surface area contributed by atoms with Gasteiger partial charge in [-0.15, -0.1) is 11.3 Å². The molecule has 1 fully saturated rings. The van der Waals surface area contributed by atoms with Crippen LogP contribution in [-0.2, 0) is 14.8 Å². The van der Waals surface area contributed by atoms with Gasteiger partial charge in [0.15, 0.2) is 0 Å². The highest BCUT2D eigenvalue weighted by atomic mass is 32.2. The fraction of sp³-hybridized carbons (Fsp3) is 0.238. The predicted octanol–water partition coefficient (Wildman–Crippen LogP) is 2.85. The Balaban J connectivity index is 1.67. The van der Waals surface area contributed by atoms with Crippen molar-refractivity contribution < 1.29 is 17.9 Å². The number of ether oxygens (including phenoxy) is 1. The maximum atomic E-state index is 13.2. The molecule has 1 aliphatic rings. The summed E-state index contributed by atoms with van der Waals surface area (Å²) in [5.74, 6) is -0.418. The van der Waals surface area contributed by atoms with E-state index < -0.39 is 15.9 Å². The van der Waals surface area contributed by atoms with E-state index in [0.29, 0.717) is 37.7 Å². The molecule has 3 N–H and O–H groups in total. The quantitative estimate of drug-likeness (QED) is 0.608. The van der Waals surface area contributed by atoms with Gasteiger partial charge in [-0.25, -0.2) is 18.5 Å². The molecule has 10 heteroatoms. The number of carbonyl (C=O) groups is 1. The number of carbonyl (C=O) groups excluding carboxylic acids is 1. The Morgan fingerprint density at radius 3 is 2.65 bits per heavy atom. The minimum atomic E-state index is -3.95. The van der Waals surface area contributed by atoms with E-state index >= 15 is 0 Å². The Hall–Kier alpha value is -2.79. The van der Waals surface area contributed by atoms with E-state index in [-0.39, 0.29) is 10.5 Å². The standard InChI is InChI=1S/C21H22N4O4S2/c1-14-23-19(13-30-14)15-3-2-4-16(11-15)24-21(26)18-12-17(31(22,27)28)5-6-20(18)25-7-9-29-10-8-25/h2-6,11-13H,7-10H2,1H3,(H,24,26)(H2,22,27,28). The number of hydrogen-bond donors (Lipinski definition) is 2. The molecule has 162 valence electrons. The van der Waals surface area contributed by atoms with Crippen molar-refractivity contribution in [3.63, 3.8) is 0 Å². The first-order chi connectivity index (χ1) is 14.8. The number of aryl methyl sites for hydroxylation is 1. The Labute approximate surface area is 184 Å². The summed E-state index contributed by atoms with van der Waals surface area (Å²) in [6, 6.07) is 11.7. The second kappa shape index (κ2) is 8.75. The molecule has 1 aliphatic heterocycles. The normalized spacial score (nSPS) is 14.5. The molecule has 0 spiro atoms. The highest BCUT2D eigenvalue weighted by Gasteiger charge is 2.22. The molecule has 0 unspecified atom stereocenters. The lowest BCUT2D eigenvalue weighted by Crippen LogP contribution is -2.37. The molecular formula is C21H22N4O4S2. The monoisotopic (exact) mass is 458 g/mol. The fourth-order valence-electron chi connectivity index (χ4n) is 3.40. The lowest BCUT2D eigenvalue weighted by atomic mass is 10.1. The van der Waals surface area contributed by atoms with Crippen molar-refractivity contribution in [2.75, 3.05) is 36.5 Å². The molecular weight excluding hydrogens is 436 g/mol. The highest BCUT2D eigenvalue weighted by Crippen LogP contribution is 2.28. The molecule has 0 bridgehead atoms. The number of thiazole rings is 1. The fourth-order valence-corrected chi connectivity index (χ4v) is 4.57. The van der Waals surface area contributed by atoms with Crippen LogP contribution in [0, 0.1) is 6.92 Å². The first-order valence-electron chi connectivity index (χ1n) is 9.65. The van der Waals surface area contributed by atoms with E-state index in [2.05, 4.69) is 10.3 Å². The number of nitrogens with two attached hydrogens (primary N) is 1. The largest absolute Gasteiger partial charge is 0.378 e. The maximum absolute atomic E-state index is 13.2. The van der Waals surface area contributed by atoms with Crippen LogP contribution in [0.3, 0.4) is 0 Å². The van der Waals surface area contributed by atoms with E-state index in [4.69, 9.17) is 9.88 Å². The number of primary sulfonamides is 1. The van der Waals surface area contributed by atoms with E-state index in [0.717, 1.165) is 16.3 Å². The smallest absolute Gasteiger partial charge is 0.257 e. The summed E-state index contributed by atoms with van der Waals surface area (Å²) < 4.78 is 29.1. The van der Waals surface area contributed by atoms with Crippen LogP contribution >= 0.6 is 11.3 Å². The van der Waals surface area contributed by atoms with E-state index in [1.54, 1.807) is 23.5 Å². The second-order valence-electron chi connectivity index (χ2n) is 7.11. The van der Waals surface area contributed by atoms with Crippen LogP contribution in [0.25, 0.3) is 11.3 Å². The average Bonchev–Trinajstić information content (AvgIpc) is 3.20. The first kappa shape index (κ1) is 21.4. The van der Waals surface area contributed by atoms with E-state index in [1.807, 2.05) is 35.4 Å². The van der Waals surface area contributed by atoms with Crippen molar-refractivity contribution in [3.05, 3.63) is 58.4 Å². The zero-order valence-electron chi connectivity index (χ0n) is 16.9. The second-order valence-corrected chi connectivity index (χ2v) is 9.73. The predicted molar refractivity (Wildman–Crippen MR) is 121 cm³/mol. The maximum Gasteiger partial charge on any atom is 0.257 e. The van der Waals surface area contributed by atoms with Crippen LogP contribution in [0.4, 0.5) is 11.4 Å². The summed E-state index contributed by atoms with van der Waals surface area (Å²) in [7, 11) is -3.95. The minimum absolute atomic E-state index is 0.110. The third-order valence-corrected chi connectivity index (χ3v) is 6.61. The SMILES string of the molecule is Cc1nc(-c2cccc(NC(=O)c3cc(S(N)(=O)=O)ccc3N3CCOCC3)c2)cs1. The average molecular weight is 459 g/mol. The van der Waals surface area contributed by atoms with E-state index in [1.165, 1.54) is 12.1 Å². The van der Waals surface area contributed by atoms with Gasteiger partial charge in [0.1, 0.15) is 0 Å². The van der Waals surface area contributed by atoms with Gasteiger partial charge in [0.25, 0.3) is 5.91 Å². The van der Waals surface area contributed by atoms with Gasteiger partial charge >= 0.3 is 0 Å². The van der Waals surface area contributed by atoms with Crippen molar-refractivity contribution in [1.29, 1.82) is 0 Å². The molecule has 1 amide bonds. The number of sulfonamides is 1. The summed E-state index contributed by atoms with van der Waals surface area (Å²) in [6.45, 7) is 4.22. The van der Waals surface area contributed by atoms with Crippen LogP contribution in [-0.4, -0.2) is 45.6 Å². The van der Waals surface area contributed by atoms with Gasteiger partial charge in [-0.3, -0.25) is 4.79 Å². The molecule has 2 heterocycles. The van der Waals surface area contributed by atoms with Crippen LogP contribution in [0.1, 0.15) is 15.4 Å². The Bertz CT molecular complexity index is 1220. The summed E-state index contributed by atoms with van der Waals surface area (Å²) in [4.78, 5) is 19.6. The van der Waals surface area contributed by atoms with Crippen molar-refractivity contribution in [2.45, 2.75) is 11.8 Å². The van der Waals surface area contributed by atoms with Gasteiger partial charge in [0.2, 0.25) is 10.0 Å². The van der Waals surface area contributed by atoms with E-state index in [9.17, 15) is 13.2 Å². The summed E-state index contributed by atoms with van der Waals surface area (Å²) in [5, 5.41) is 11.1. The lowest BCUT2D eigenvalue weighted by molar-refractivity contribution is 0.102. The van der Waals surface area contributed by atoms with Crippen molar-refractivity contribution >= 4 is 38.6 Å². The van der Waals surface area contributed by atoms with Gasteiger partial charge in [0, 0.05) is 35.4 Å². The van der Waals surface area contributed by atoms with Gasteiger partial charge in [-0.05, 0) is 37.3 Å². The molecule has 8 nitrogen and oxygen atoms in total. The highest BCUT2D eigenvalue weighted by molar-refractivity contribution is 7.89. The Morgan fingerprint density at radius 2 is 1.97 bits per heavy atom. The summed E-state index contributed by atoms with van der Waals surface area (Å²) in [6.07, 6.45) is 0. The minimum Gasteiger partial charge on any atom is -0.378 e. The molecule has 0 saturated carbocycles. The topological polar surface area (TPSA) is 115 Å². The number of hydrogen-bond acceptors (Lipinski definition) is 7. The number of nitrogens with zero attached hydrogens (tertiary/aromatic N) is 2. The number of benzene rings is 2. The van der Waals surface area contributed by atoms with Crippen molar-refractivity contribution in [2.24, 2.45) is 5.14 Å². The Morgan fingerprint density at radius 1 is 1.19 bits per heavy atom. The number of anilines is 2. The first-order valence-corrected chi connectivity index (χ1v) is 12.1. The number of aromatic nitrogens is 1. The van der Waals surface area contributed by atoms with Crippen LogP contribution < -0.4 is 15.4 Å². The molecule has 0 aliphatic carbocycles. The molecule has 0 radical (unpaired) electrons. The van der Waals surface area contributed by atoms with Gasteiger partial charge in [-0.1, -0.05) is 12.1 Å². The summed E-state index contributed by atoms with van der Waals surface area (Å²) in [5.41, 5.74) is 3.18. The number of nitrogens with one attached hydrogen (secondary N) is 1. The molecule has 4 rings (SSSR count). The molecule has 1 aromatic heterocycles. The van der Waals surface area contributed by atoms with Gasteiger partial charge in [-0.2, -0.15) is 0 Å². The number of rotatable bonds is 5. The summed E-state index contributed by atoms with van der Waals surface area (Å²) >= 11 is 1.55.